The molecule has 0 saturated heterocycles. The second-order valence-electron chi connectivity index (χ2n) is 5.31. The van der Waals surface area contributed by atoms with E-state index >= 15 is 0 Å². The van der Waals surface area contributed by atoms with Crippen LogP contribution in [0.5, 0.6) is 5.75 Å². The largest absolute Gasteiger partial charge is 0.494 e. The Morgan fingerprint density at radius 2 is 1.96 bits per heavy atom. The third-order valence-electron chi connectivity index (χ3n) is 3.58. The maximum Gasteiger partial charge on any atom is 0.273 e. The normalized spacial score (nSPS) is 10.5. The van der Waals surface area contributed by atoms with Crippen molar-refractivity contribution >= 4 is 17.5 Å². The van der Waals surface area contributed by atoms with Crippen LogP contribution >= 0.6 is 11.6 Å². The first-order chi connectivity index (χ1) is 12.2. The van der Waals surface area contributed by atoms with Crippen molar-refractivity contribution in [3.63, 3.8) is 0 Å². The molecule has 0 saturated carbocycles. The topological polar surface area (TPSA) is 64.4 Å². The second-order valence-corrected chi connectivity index (χ2v) is 5.74. The van der Waals surface area contributed by atoms with Crippen molar-refractivity contribution in [3.8, 4) is 17.1 Å². The summed E-state index contributed by atoms with van der Waals surface area (Å²) in [7, 11) is 0. The average Bonchev–Trinajstić information content (AvgIpc) is 3.12. The van der Waals surface area contributed by atoms with E-state index in [0.717, 1.165) is 16.9 Å². The molecule has 0 spiro atoms. The third kappa shape index (κ3) is 4.19. The predicted octanol–water partition coefficient (Wildman–Crippen LogP) is 4.32. The van der Waals surface area contributed by atoms with Crippen LogP contribution in [-0.2, 0) is 6.54 Å². The molecule has 1 amide bonds. The minimum absolute atomic E-state index is 0.221. The van der Waals surface area contributed by atoms with E-state index in [0.29, 0.717) is 23.9 Å². The minimum Gasteiger partial charge on any atom is -0.494 e. The van der Waals surface area contributed by atoms with E-state index < -0.39 is 0 Å². The van der Waals surface area contributed by atoms with Crippen molar-refractivity contribution in [1.82, 2.24) is 10.5 Å². The Morgan fingerprint density at radius 3 is 2.72 bits per heavy atom. The molecule has 25 heavy (non-hydrogen) atoms. The van der Waals surface area contributed by atoms with Gasteiger partial charge in [0.15, 0.2) is 11.5 Å². The number of nitrogens with one attached hydrogen (secondary N) is 1. The van der Waals surface area contributed by atoms with Crippen molar-refractivity contribution in [3.05, 3.63) is 70.9 Å². The number of carbonyl (C=O) groups is 1. The summed E-state index contributed by atoms with van der Waals surface area (Å²) in [6, 6.07) is 16.3. The van der Waals surface area contributed by atoms with Crippen LogP contribution in [0, 0.1) is 0 Å². The monoisotopic (exact) mass is 356 g/mol. The number of ether oxygens (including phenoxy) is 1. The molecule has 6 heteroatoms. The molecule has 5 nitrogen and oxygen atoms in total. The number of hydrogen-bond acceptors (Lipinski definition) is 4. The first-order valence-corrected chi connectivity index (χ1v) is 8.26. The molecule has 0 unspecified atom stereocenters. The summed E-state index contributed by atoms with van der Waals surface area (Å²) in [6.07, 6.45) is 0. The Balaban J connectivity index is 1.67. The van der Waals surface area contributed by atoms with E-state index in [1.807, 2.05) is 43.3 Å². The van der Waals surface area contributed by atoms with Gasteiger partial charge in [0.1, 0.15) is 5.75 Å². The Kier molecular flexibility index (Phi) is 5.36. The van der Waals surface area contributed by atoms with Gasteiger partial charge < -0.3 is 14.6 Å². The molecule has 128 valence electrons. The molecule has 0 bridgehead atoms. The number of rotatable bonds is 6. The van der Waals surface area contributed by atoms with Gasteiger partial charge in [-0.25, -0.2) is 0 Å². The predicted molar refractivity (Wildman–Crippen MR) is 95.7 cm³/mol. The van der Waals surface area contributed by atoms with Gasteiger partial charge in [0.25, 0.3) is 5.91 Å². The van der Waals surface area contributed by atoms with Crippen LogP contribution in [0.3, 0.4) is 0 Å². The fourth-order valence-corrected chi connectivity index (χ4v) is 2.47. The molecule has 2 aromatic carbocycles. The summed E-state index contributed by atoms with van der Waals surface area (Å²) >= 11 is 5.87. The van der Waals surface area contributed by atoms with E-state index in [4.69, 9.17) is 20.9 Å². The molecule has 1 N–H and O–H groups in total. The van der Waals surface area contributed by atoms with Crippen molar-refractivity contribution < 1.29 is 14.1 Å². The van der Waals surface area contributed by atoms with Crippen molar-refractivity contribution in [2.24, 2.45) is 0 Å². The van der Waals surface area contributed by atoms with Gasteiger partial charge in [-0.2, -0.15) is 0 Å². The number of carbonyl (C=O) groups excluding carboxylic acids is 1. The highest BCUT2D eigenvalue weighted by Crippen LogP contribution is 2.22. The van der Waals surface area contributed by atoms with Gasteiger partial charge in [-0.05, 0) is 37.3 Å². The standard InChI is InChI=1S/C19H17ClN2O3/c1-2-24-17-6-4-3-5-14(17)12-21-19(23)16-11-18(25-22-16)13-7-9-15(20)10-8-13/h3-11H,2,12H2,1H3,(H,21,23). The molecule has 1 heterocycles. The van der Waals surface area contributed by atoms with Gasteiger partial charge >= 0.3 is 0 Å². The van der Waals surface area contributed by atoms with Crippen LogP contribution in [0.25, 0.3) is 11.3 Å². The van der Waals surface area contributed by atoms with Crippen LogP contribution in [0.1, 0.15) is 23.0 Å². The smallest absolute Gasteiger partial charge is 0.273 e. The number of aromatic nitrogens is 1. The summed E-state index contributed by atoms with van der Waals surface area (Å²) in [5, 5.41) is 7.29. The molecule has 0 aliphatic heterocycles. The average molecular weight is 357 g/mol. The number of nitrogens with zero attached hydrogens (tertiary/aromatic N) is 1. The first kappa shape index (κ1) is 17.0. The minimum atomic E-state index is -0.310. The second kappa shape index (κ2) is 7.85. The first-order valence-electron chi connectivity index (χ1n) is 7.89. The Morgan fingerprint density at radius 1 is 1.20 bits per heavy atom. The number of hydrogen-bond donors (Lipinski definition) is 1. The molecule has 0 atom stereocenters. The zero-order valence-corrected chi connectivity index (χ0v) is 14.4. The molecule has 0 fully saturated rings. The van der Waals surface area contributed by atoms with Gasteiger partial charge in [0.2, 0.25) is 0 Å². The molecule has 0 aliphatic rings. The van der Waals surface area contributed by atoms with Crippen LogP contribution in [0.2, 0.25) is 5.02 Å². The van der Waals surface area contributed by atoms with Crippen LogP contribution in [0.4, 0.5) is 0 Å². The van der Waals surface area contributed by atoms with Gasteiger partial charge in [0.05, 0.1) is 6.61 Å². The molecular formula is C19H17ClN2O3. The quantitative estimate of drug-likeness (QED) is 0.714. The Bertz CT molecular complexity index is 859. The van der Waals surface area contributed by atoms with E-state index in [2.05, 4.69) is 10.5 Å². The highest BCUT2D eigenvalue weighted by molar-refractivity contribution is 6.30. The zero-order chi connectivity index (χ0) is 17.6. The van der Waals surface area contributed by atoms with Crippen molar-refractivity contribution in [1.29, 1.82) is 0 Å². The molecule has 3 rings (SSSR count). The fourth-order valence-electron chi connectivity index (χ4n) is 2.34. The lowest BCUT2D eigenvalue weighted by molar-refractivity contribution is 0.0941. The molecule has 1 aromatic heterocycles. The summed E-state index contributed by atoms with van der Waals surface area (Å²) in [6.45, 7) is 2.83. The lowest BCUT2D eigenvalue weighted by Gasteiger charge is -2.10. The van der Waals surface area contributed by atoms with Crippen molar-refractivity contribution in [2.45, 2.75) is 13.5 Å². The van der Waals surface area contributed by atoms with Crippen LogP contribution in [-0.4, -0.2) is 17.7 Å². The maximum atomic E-state index is 12.3. The summed E-state index contributed by atoms with van der Waals surface area (Å²) in [5.74, 6) is 0.958. The van der Waals surface area contributed by atoms with Gasteiger partial charge in [-0.3, -0.25) is 4.79 Å². The van der Waals surface area contributed by atoms with Crippen LogP contribution in [0.15, 0.2) is 59.1 Å². The fraction of sp³-hybridized carbons (Fsp3) is 0.158. The van der Waals surface area contributed by atoms with Crippen LogP contribution < -0.4 is 10.1 Å². The van der Waals surface area contributed by atoms with Gasteiger partial charge in [-0.1, -0.05) is 35.0 Å². The Hall–Kier alpha value is -2.79. The number of amides is 1. The van der Waals surface area contributed by atoms with E-state index in [1.54, 1.807) is 18.2 Å². The van der Waals surface area contributed by atoms with Gasteiger partial charge in [-0.15, -0.1) is 0 Å². The van der Waals surface area contributed by atoms with E-state index in [-0.39, 0.29) is 11.6 Å². The highest BCUT2D eigenvalue weighted by atomic mass is 35.5. The molecule has 3 aromatic rings. The molecule has 0 radical (unpaired) electrons. The number of para-hydroxylation sites is 1. The Labute approximate surface area is 150 Å². The van der Waals surface area contributed by atoms with Crippen molar-refractivity contribution in [2.75, 3.05) is 6.61 Å². The summed E-state index contributed by atoms with van der Waals surface area (Å²) < 4.78 is 10.8. The van der Waals surface area contributed by atoms with E-state index in [1.165, 1.54) is 0 Å². The lowest BCUT2D eigenvalue weighted by atomic mass is 10.1. The SMILES string of the molecule is CCOc1ccccc1CNC(=O)c1cc(-c2ccc(Cl)cc2)on1. The highest BCUT2D eigenvalue weighted by Gasteiger charge is 2.14. The third-order valence-corrected chi connectivity index (χ3v) is 3.84. The van der Waals surface area contributed by atoms with Gasteiger partial charge in [0, 0.05) is 28.8 Å². The number of benzene rings is 2. The maximum absolute atomic E-state index is 12.3. The summed E-state index contributed by atoms with van der Waals surface area (Å²) in [5.41, 5.74) is 1.93. The lowest BCUT2D eigenvalue weighted by Crippen LogP contribution is -2.23. The van der Waals surface area contributed by atoms with E-state index in [9.17, 15) is 4.79 Å². The molecule has 0 aliphatic carbocycles. The molecular weight excluding hydrogens is 340 g/mol. The number of halogens is 1. The zero-order valence-electron chi connectivity index (χ0n) is 13.7. The summed E-state index contributed by atoms with van der Waals surface area (Å²) in [4.78, 5) is 12.3.